The van der Waals surface area contributed by atoms with Gasteiger partial charge in [0.2, 0.25) is 0 Å². The fourth-order valence-corrected chi connectivity index (χ4v) is 3.83. The van der Waals surface area contributed by atoms with Gasteiger partial charge in [-0.25, -0.2) is 0 Å². The average Bonchev–Trinajstić information content (AvgIpc) is 2.98. The van der Waals surface area contributed by atoms with E-state index in [2.05, 4.69) is 4.99 Å². The van der Waals surface area contributed by atoms with Crippen LogP contribution in [0.15, 0.2) is 53.5 Å². The summed E-state index contributed by atoms with van der Waals surface area (Å²) in [5.41, 5.74) is 1.93. The Bertz CT molecular complexity index is 1050. The van der Waals surface area contributed by atoms with E-state index in [1.165, 1.54) is 11.3 Å². The van der Waals surface area contributed by atoms with Crippen LogP contribution in [0.5, 0.6) is 5.75 Å². The molecule has 1 unspecified atom stereocenters. The number of aryl methyl sites for hydroxylation is 1. The third-order valence-corrected chi connectivity index (χ3v) is 5.08. The molecule has 0 bridgehead atoms. The van der Waals surface area contributed by atoms with Crippen LogP contribution < -0.4 is 9.54 Å². The number of para-hydroxylation sites is 1. The van der Waals surface area contributed by atoms with Crippen molar-refractivity contribution in [1.29, 1.82) is 0 Å². The summed E-state index contributed by atoms with van der Waals surface area (Å²) >= 11 is 1.36. The second-order valence-corrected chi connectivity index (χ2v) is 7.28. The van der Waals surface area contributed by atoms with Gasteiger partial charge < -0.3 is 14.0 Å². The summed E-state index contributed by atoms with van der Waals surface area (Å²) in [5.74, 6) is -0.181. The van der Waals surface area contributed by atoms with Crippen LogP contribution in [0.4, 0.5) is 0 Å². The molecule has 1 amide bonds. The number of fused-ring (bicyclic) bond motifs is 1. The second-order valence-electron chi connectivity index (χ2n) is 6.27. The van der Waals surface area contributed by atoms with Gasteiger partial charge in [0.15, 0.2) is 10.9 Å². The lowest BCUT2D eigenvalue weighted by molar-refractivity contribution is -0.143. The Morgan fingerprint density at radius 3 is 2.64 bits per heavy atom. The molecule has 1 heterocycles. The molecule has 0 N–H and O–H groups in total. The zero-order chi connectivity index (χ0) is 20.1. The highest BCUT2D eigenvalue weighted by atomic mass is 32.1. The number of thiazole rings is 1. The first-order valence-electron chi connectivity index (χ1n) is 9.04. The largest absolute Gasteiger partial charge is 0.481 e. The van der Waals surface area contributed by atoms with Crippen LogP contribution in [0.25, 0.3) is 10.2 Å². The standard InChI is InChI=1S/C21H22N2O4S/c1-4-26-19(24)13-23-17-11-10-14(2)12-18(17)28-21(23)22-20(25)15(3)27-16-8-6-5-7-9-16/h5-12,15H,4,13H2,1-3H3. The van der Waals surface area contributed by atoms with Crippen molar-refractivity contribution in [3.63, 3.8) is 0 Å². The molecule has 0 spiro atoms. The number of amides is 1. The molecule has 146 valence electrons. The zero-order valence-corrected chi connectivity index (χ0v) is 16.9. The van der Waals surface area contributed by atoms with Crippen LogP contribution in [0.3, 0.4) is 0 Å². The SMILES string of the molecule is CCOC(=O)Cn1c(=NC(=O)C(C)Oc2ccccc2)sc2cc(C)ccc21. The summed E-state index contributed by atoms with van der Waals surface area (Å²) < 4.78 is 13.4. The first-order chi connectivity index (χ1) is 13.5. The minimum absolute atomic E-state index is 0.00304. The normalized spacial score (nSPS) is 12.8. The number of hydrogen-bond acceptors (Lipinski definition) is 5. The fraction of sp³-hybridized carbons (Fsp3) is 0.286. The molecule has 0 fully saturated rings. The van der Waals surface area contributed by atoms with E-state index < -0.39 is 12.0 Å². The molecule has 0 aliphatic heterocycles. The molecule has 0 saturated heterocycles. The smallest absolute Gasteiger partial charge is 0.326 e. The third-order valence-electron chi connectivity index (χ3n) is 4.04. The highest BCUT2D eigenvalue weighted by Crippen LogP contribution is 2.19. The number of esters is 1. The monoisotopic (exact) mass is 398 g/mol. The number of nitrogens with zero attached hydrogens (tertiary/aromatic N) is 2. The summed E-state index contributed by atoms with van der Waals surface area (Å²) in [7, 11) is 0. The van der Waals surface area contributed by atoms with Crippen LogP contribution in [-0.2, 0) is 20.9 Å². The minimum atomic E-state index is -0.745. The van der Waals surface area contributed by atoms with E-state index >= 15 is 0 Å². The molecular weight excluding hydrogens is 376 g/mol. The fourth-order valence-electron chi connectivity index (χ4n) is 2.69. The van der Waals surface area contributed by atoms with Gasteiger partial charge in [0.1, 0.15) is 12.3 Å². The number of carbonyl (C=O) groups excluding carboxylic acids is 2. The van der Waals surface area contributed by atoms with E-state index in [9.17, 15) is 9.59 Å². The molecule has 0 radical (unpaired) electrons. The van der Waals surface area contributed by atoms with E-state index in [4.69, 9.17) is 9.47 Å². The molecule has 0 aliphatic carbocycles. The van der Waals surface area contributed by atoms with Gasteiger partial charge in [-0.15, -0.1) is 0 Å². The van der Waals surface area contributed by atoms with Crippen molar-refractivity contribution in [1.82, 2.24) is 4.57 Å². The molecule has 3 aromatic rings. The van der Waals surface area contributed by atoms with Gasteiger partial charge in [-0.3, -0.25) is 9.59 Å². The van der Waals surface area contributed by atoms with E-state index in [-0.39, 0.29) is 12.5 Å². The van der Waals surface area contributed by atoms with Gasteiger partial charge in [0.05, 0.1) is 16.8 Å². The average molecular weight is 398 g/mol. The maximum Gasteiger partial charge on any atom is 0.326 e. The van der Waals surface area contributed by atoms with Crippen LogP contribution in [0.1, 0.15) is 19.4 Å². The molecule has 2 aromatic carbocycles. The van der Waals surface area contributed by atoms with E-state index in [1.807, 2.05) is 43.3 Å². The molecule has 6 nitrogen and oxygen atoms in total. The first kappa shape index (κ1) is 19.8. The Kier molecular flexibility index (Phi) is 6.26. The van der Waals surface area contributed by atoms with Crippen molar-refractivity contribution in [2.45, 2.75) is 33.4 Å². The van der Waals surface area contributed by atoms with Crippen LogP contribution in [-0.4, -0.2) is 29.2 Å². The predicted molar refractivity (Wildman–Crippen MR) is 108 cm³/mol. The summed E-state index contributed by atoms with van der Waals surface area (Å²) in [5, 5.41) is 0. The number of carbonyl (C=O) groups is 2. The molecular formula is C21H22N2O4S. The van der Waals surface area contributed by atoms with Crippen LogP contribution >= 0.6 is 11.3 Å². The van der Waals surface area contributed by atoms with Crippen molar-refractivity contribution in [2.24, 2.45) is 4.99 Å². The Labute approximate surface area is 167 Å². The summed E-state index contributed by atoms with van der Waals surface area (Å²) in [4.78, 5) is 29.3. The molecule has 3 rings (SSSR count). The van der Waals surface area contributed by atoms with Gasteiger partial charge in [-0.05, 0) is 50.6 Å². The quantitative estimate of drug-likeness (QED) is 0.596. The number of aromatic nitrogens is 1. The van der Waals surface area contributed by atoms with Gasteiger partial charge in [0, 0.05) is 0 Å². The second kappa shape index (κ2) is 8.84. The van der Waals surface area contributed by atoms with Gasteiger partial charge in [-0.2, -0.15) is 4.99 Å². The van der Waals surface area contributed by atoms with Crippen LogP contribution in [0, 0.1) is 6.92 Å². The molecule has 1 aromatic heterocycles. The summed E-state index contributed by atoms with van der Waals surface area (Å²) in [6.07, 6.45) is -0.745. The topological polar surface area (TPSA) is 69.9 Å². The van der Waals surface area contributed by atoms with Crippen molar-refractivity contribution in [3.8, 4) is 5.75 Å². The van der Waals surface area contributed by atoms with Crippen molar-refractivity contribution in [2.75, 3.05) is 6.61 Å². The Morgan fingerprint density at radius 1 is 1.18 bits per heavy atom. The Balaban J connectivity index is 1.95. The molecule has 0 saturated carbocycles. The lowest BCUT2D eigenvalue weighted by Gasteiger charge is -2.10. The summed E-state index contributed by atoms with van der Waals surface area (Å²) in [6.45, 7) is 5.71. The van der Waals surface area contributed by atoms with E-state index in [0.717, 1.165) is 15.8 Å². The molecule has 7 heteroatoms. The molecule has 28 heavy (non-hydrogen) atoms. The lowest BCUT2D eigenvalue weighted by Crippen LogP contribution is -2.27. The highest BCUT2D eigenvalue weighted by Gasteiger charge is 2.16. The predicted octanol–water partition coefficient (Wildman–Crippen LogP) is 3.47. The van der Waals surface area contributed by atoms with Crippen molar-refractivity contribution < 1.29 is 19.1 Å². The van der Waals surface area contributed by atoms with Crippen molar-refractivity contribution >= 4 is 33.4 Å². The van der Waals surface area contributed by atoms with Crippen LogP contribution in [0.2, 0.25) is 0 Å². The number of hydrogen-bond donors (Lipinski definition) is 0. The number of benzene rings is 2. The van der Waals surface area contributed by atoms with Gasteiger partial charge in [0.25, 0.3) is 5.91 Å². The van der Waals surface area contributed by atoms with E-state index in [0.29, 0.717) is 17.2 Å². The highest BCUT2D eigenvalue weighted by molar-refractivity contribution is 7.16. The first-order valence-corrected chi connectivity index (χ1v) is 9.85. The maximum absolute atomic E-state index is 12.6. The number of rotatable bonds is 6. The Hall–Kier alpha value is -2.93. The van der Waals surface area contributed by atoms with Gasteiger partial charge in [-0.1, -0.05) is 35.6 Å². The molecule has 1 atom stereocenters. The number of ether oxygens (including phenoxy) is 2. The minimum Gasteiger partial charge on any atom is -0.481 e. The van der Waals surface area contributed by atoms with Gasteiger partial charge >= 0.3 is 5.97 Å². The van der Waals surface area contributed by atoms with E-state index in [1.54, 1.807) is 30.5 Å². The third kappa shape index (κ3) is 4.67. The van der Waals surface area contributed by atoms with Crippen molar-refractivity contribution in [3.05, 3.63) is 58.9 Å². The zero-order valence-electron chi connectivity index (χ0n) is 16.0. The summed E-state index contributed by atoms with van der Waals surface area (Å²) in [6, 6.07) is 15.0. The lowest BCUT2D eigenvalue weighted by atomic mass is 10.2. The Morgan fingerprint density at radius 2 is 1.93 bits per heavy atom. The maximum atomic E-state index is 12.6. The molecule has 0 aliphatic rings.